The first kappa shape index (κ1) is 28.7. The summed E-state index contributed by atoms with van der Waals surface area (Å²) in [5.74, 6) is -0.331. The molecule has 1 aromatic carbocycles. The lowest BCUT2D eigenvalue weighted by Crippen LogP contribution is -2.50. The molecule has 1 saturated heterocycles. The van der Waals surface area contributed by atoms with Crippen LogP contribution in [0.15, 0.2) is 48.9 Å². The molecule has 0 bridgehead atoms. The van der Waals surface area contributed by atoms with Crippen molar-refractivity contribution >= 4 is 23.5 Å². The highest BCUT2D eigenvalue weighted by molar-refractivity contribution is 5.94. The van der Waals surface area contributed by atoms with Crippen LogP contribution in [-0.2, 0) is 19.9 Å². The number of hydrogen-bond donors (Lipinski definition) is 1. The second-order valence-electron chi connectivity index (χ2n) is 11.9. The molecule has 0 radical (unpaired) electrons. The molecule has 1 aromatic heterocycles. The zero-order chi connectivity index (χ0) is 28.2. The Morgan fingerprint density at radius 1 is 1.05 bits per heavy atom. The van der Waals surface area contributed by atoms with E-state index in [1.807, 2.05) is 13.0 Å². The maximum atomic E-state index is 13.8. The molecule has 210 valence electrons. The number of aromatic nitrogens is 2. The summed E-state index contributed by atoms with van der Waals surface area (Å²) in [5.41, 5.74) is 1.06. The van der Waals surface area contributed by atoms with Gasteiger partial charge in [-0.3, -0.25) is 19.3 Å². The van der Waals surface area contributed by atoms with E-state index < -0.39 is 0 Å². The summed E-state index contributed by atoms with van der Waals surface area (Å²) in [5, 5.41) is 2.79. The lowest BCUT2D eigenvalue weighted by molar-refractivity contribution is -0.139. The summed E-state index contributed by atoms with van der Waals surface area (Å²) in [7, 11) is 7.81. The SMILES string of the molecule is CC1C(=O)N(CC(=O)Nc2ccncn2)C[C@]2(CC[C@](c3ccccc3)(N(C)C)CC2)CC1CC(=O)N(C)C. The van der Waals surface area contributed by atoms with Crippen molar-refractivity contribution in [1.82, 2.24) is 24.7 Å². The lowest BCUT2D eigenvalue weighted by atomic mass is 9.61. The Kier molecular flexibility index (Phi) is 8.69. The molecule has 39 heavy (non-hydrogen) atoms. The summed E-state index contributed by atoms with van der Waals surface area (Å²) in [6, 6.07) is 12.3. The largest absolute Gasteiger partial charge is 0.349 e. The smallest absolute Gasteiger partial charge is 0.245 e. The molecule has 1 aliphatic carbocycles. The van der Waals surface area contributed by atoms with Crippen LogP contribution in [0.2, 0.25) is 0 Å². The number of nitrogens with zero attached hydrogens (tertiary/aromatic N) is 5. The van der Waals surface area contributed by atoms with Gasteiger partial charge in [0.1, 0.15) is 12.1 Å². The van der Waals surface area contributed by atoms with E-state index in [1.165, 1.54) is 11.9 Å². The van der Waals surface area contributed by atoms with Crippen LogP contribution in [0.1, 0.15) is 51.0 Å². The van der Waals surface area contributed by atoms with Crippen molar-refractivity contribution in [2.24, 2.45) is 17.3 Å². The van der Waals surface area contributed by atoms with E-state index in [0.29, 0.717) is 18.8 Å². The number of likely N-dealkylation sites (tertiary alicyclic amines) is 1. The van der Waals surface area contributed by atoms with Gasteiger partial charge in [-0.2, -0.15) is 0 Å². The average molecular weight is 535 g/mol. The third kappa shape index (κ3) is 6.30. The van der Waals surface area contributed by atoms with Gasteiger partial charge in [0, 0.05) is 44.7 Å². The number of benzene rings is 1. The van der Waals surface area contributed by atoms with Crippen LogP contribution in [0.4, 0.5) is 5.82 Å². The molecule has 1 N–H and O–H groups in total. The Morgan fingerprint density at radius 2 is 1.74 bits per heavy atom. The Hall–Kier alpha value is -3.33. The summed E-state index contributed by atoms with van der Waals surface area (Å²) < 4.78 is 0. The zero-order valence-electron chi connectivity index (χ0n) is 23.9. The monoisotopic (exact) mass is 534 g/mol. The van der Waals surface area contributed by atoms with E-state index in [4.69, 9.17) is 0 Å². The fraction of sp³-hybridized carbons (Fsp3) is 0.567. The van der Waals surface area contributed by atoms with E-state index in [1.54, 1.807) is 36.2 Å². The van der Waals surface area contributed by atoms with Gasteiger partial charge in [-0.1, -0.05) is 37.3 Å². The molecule has 2 unspecified atom stereocenters. The van der Waals surface area contributed by atoms with Crippen LogP contribution < -0.4 is 5.32 Å². The van der Waals surface area contributed by atoms with Gasteiger partial charge in [-0.05, 0) is 69.2 Å². The van der Waals surface area contributed by atoms with Crippen molar-refractivity contribution in [3.05, 3.63) is 54.5 Å². The number of amides is 3. The molecule has 4 rings (SSSR count). The molecule has 3 amide bonds. The predicted octanol–water partition coefficient (Wildman–Crippen LogP) is 3.40. The van der Waals surface area contributed by atoms with Gasteiger partial charge < -0.3 is 15.1 Å². The number of nitrogens with one attached hydrogen (secondary N) is 1. The van der Waals surface area contributed by atoms with E-state index in [9.17, 15) is 14.4 Å². The van der Waals surface area contributed by atoms with Crippen LogP contribution in [-0.4, -0.2) is 83.7 Å². The zero-order valence-corrected chi connectivity index (χ0v) is 23.9. The maximum absolute atomic E-state index is 13.8. The Balaban J connectivity index is 1.61. The molecule has 1 saturated carbocycles. The highest BCUT2D eigenvalue weighted by Gasteiger charge is 2.50. The van der Waals surface area contributed by atoms with Crippen molar-refractivity contribution < 1.29 is 14.4 Å². The molecule has 1 aliphatic heterocycles. The Labute approximate surface area is 232 Å². The number of rotatable bonds is 7. The molecule has 2 aliphatic rings. The molecular weight excluding hydrogens is 492 g/mol. The summed E-state index contributed by atoms with van der Waals surface area (Å²) in [4.78, 5) is 53.2. The van der Waals surface area contributed by atoms with Gasteiger partial charge in [0.2, 0.25) is 17.7 Å². The van der Waals surface area contributed by atoms with E-state index in [0.717, 1.165) is 32.1 Å². The number of anilines is 1. The van der Waals surface area contributed by atoms with Gasteiger partial charge in [0.05, 0.1) is 6.54 Å². The van der Waals surface area contributed by atoms with Crippen molar-refractivity contribution in [2.75, 3.05) is 46.6 Å². The first-order valence-corrected chi connectivity index (χ1v) is 13.8. The molecule has 2 atom stereocenters. The quantitative estimate of drug-likeness (QED) is 0.585. The van der Waals surface area contributed by atoms with Gasteiger partial charge in [-0.25, -0.2) is 9.97 Å². The van der Waals surface area contributed by atoms with Crippen molar-refractivity contribution in [3.8, 4) is 0 Å². The molecular formula is C30H42N6O3. The fourth-order valence-corrected chi connectivity index (χ4v) is 6.58. The normalized spacial score (nSPS) is 27.3. The second-order valence-corrected chi connectivity index (χ2v) is 11.9. The lowest BCUT2D eigenvalue weighted by Gasteiger charge is -2.51. The first-order valence-electron chi connectivity index (χ1n) is 13.8. The van der Waals surface area contributed by atoms with Crippen LogP contribution in [0, 0.1) is 17.3 Å². The van der Waals surface area contributed by atoms with Crippen LogP contribution in [0.3, 0.4) is 0 Å². The van der Waals surface area contributed by atoms with Crippen LogP contribution >= 0.6 is 0 Å². The van der Waals surface area contributed by atoms with Gasteiger partial charge in [0.25, 0.3) is 0 Å². The minimum absolute atomic E-state index is 0.0347. The minimum Gasteiger partial charge on any atom is -0.349 e. The van der Waals surface area contributed by atoms with E-state index in [2.05, 4.69) is 58.5 Å². The molecule has 2 fully saturated rings. The van der Waals surface area contributed by atoms with E-state index in [-0.39, 0.29) is 47.1 Å². The van der Waals surface area contributed by atoms with Crippen LogP contribution in [0.5, 0.6) is 0 Å². The highest BCUT2D eigenvalue weighted by Crippen LogP contribution is 2.53. The summed E-state index contributed by atoms with van der Waals surface area (Å²) in [6.07, 6.45) is 7.79. The Morgan fingerprint density at radius 3 is 2.33 bits per heavy atom. The fourth-order valence-electron chi connectivity index (χ4n) is 6.58. The number of carbonyl (C=O) groups is 3. The van der Waals surface area contributed by atoms with Crippen molar-refractivity contribution in [1.29, 1.82) is 0 Å². The highest BCUT2D eigenvalue weighted by atomic mass is 16.2. The van der Waals surface area contributed by atoms with Crippen molar-refractivity contribution in [2.45, 2.75) is 51.0 Å². The molecule has 9 nitrogen and oxygen atoms in total. The standard InChI is InChI=1S/C30H42N6O3/c1-22-23(17-27(38)34(2)3)18-29(12-14-30(15-13-29,35(4)5)24-9-7-6-8-10-24)20-36(28(22)39)19-26(37)33-25-11-16-31-21-32-25/h6-11,16,21-23H,12-15,17-20H2,1-5H3,(H,31,32,33,37)/t22?,23?,29-,30-. The van der Waals surface area contributed by atoms with E-state index >= 15 is 0 Å². The maximum Gasteiger partial charge on any atom is 0.245 e. The second kappa shape index (κ2) is 11.8. The van der Waals surface area contributed by atoms with Crippen LogP contribution in [0.25, 0.3) is 0 Å². The van der Waals surface area contributed by atoms with Gasteiger partial charge >= 0.3 is 0 Å². The van der Waals surface area contributed by atoms with Gasteiger partial charge in [0.15, 0.2) is 0 Å². The Bertz CT molecular complexity index is 1150. The first-order chi connectivity index (χ1) is 18.5. The molecule has 1 spiro atoms. The molecule has 2 heterocycles. The summed E-state index contributed by atoms with van der Waals surface area (Å²) in [6.45, 7) is 2.39. The average Bonchev–Trinajstić information content (AvgIpc) is 3.01. The number of hydrogen-bond acceptors (Lipinski definition) is 6. The predicted molar refractivity (Wildman–Crippen MR) is 151 cm³/mol. The minimum atomic E-state index is -0.352. The summed E-state index contributed by atoms with van der Waals surface area (Å²) >= 11 is 0. The topological polar surface area (TPSA) is 98.7 Å². The molecule has 2 aromatic rings. The number of carbonyl (C=O) groups excluding carboxylic acids is 3. The van der Waals surface area contributed by atoms with Gasteiger partial charge in [-0.15, -0.1) is 0 Å². The molecule has 9 heteroatoms. The third-order valence-electron chi connectivity index (χ3n) is 9.05. The van der Waals surface area contributed by atoms with Crippen molar-refractivity contribution in [3.63, 3.8) is 0 Å². The third-order valence-corrected chi connectivity index (χ3v) is 9.05.